The van der Waals surface area contributed by atoms with Gasteiger partial charge in [-0.25, -0.2) is 0 Å². The summed E-state index contributed by atoms with van der Waals surface area (Å²) in [5.74, 6) is -0.0637. The van der Waals surface area contributed by atoms with Gasteiger partial charge in [0.25, 0.3) is 0 Å². The van der Waals surface area contributed by atoms with Crippen molar-refractivity contribution in [1.82, 2.24) is 4.98 Å². The quantitative estimate of drug-likeness (QED) is 0.759. The number of nitrogens with one attached hydrogen (secondary N) is 1. The van der Waals surface area contributed by atoms with Gasteiger partial charge < -0.3 is 4.98 Å². The summed E-state index contributed by atoms with van der Waals surface area (Å²) in [4.78, 5) is 25.7. The van der Waals surface area contributed by atoms with Gasteiger partial charge in [0, 0.05) is 22.7 Å². The van der Waals surface area contributed by atoms with Crippen LogP contribution in [0.2, 0.25) is 0 Å². The van der Waals surface area contributed by atoms with Crippen molar-refractivity contribution >= 4 is 22.5 Å². The Labute approximate surface area is 87.1 Å². The molecule has 1 aromatic carbocycles. The lowest BCUT2D eigenvalue weighted by atomic mass is 10.0. The van der Waals surface area contributed by atoms with Crippen molar-refractivity contribution in [1.29, 1.82) is 0 Å². The molecule has 3 heteroatoms. The number of carbonyl (C=O) groups is 2. The summed E-state index contributed by atoms with van der Waals surface area (Å²) in [6, 6.07) is 5.29. The fourth-order valence-electron chi connectivity index (χ4n) is 1.65. The van der Waals surface area contributed by atoms with Crippen LogP contribution in [-0.2, 0) is 0 Å². The van der Waals surface area contributed by atoms with Crippen molar-refractivity contribution in [3.05, 3.63) is 35.5 Å². The van der Waals surface area contributed by atoms with Crippen LogP contribution in [0.3, 0.4) is 0 Å². The Morgan fingerprint density at radius 2 is 1.87 bits per heavy atom. The Hall–Kier alpha value is -1.90. The molecule has 0 radical (unpaired) electrons. The molecule has 2 aromatic rings. The molecule has 0 aliphatic heterocycles. The lowest BCUT2D eigenvalue weighted by molar-refractivity contribution is 0.101. The van der Waals surface area contributed by atoms with Crippen LogP contribution in [0.4, 0.5) is 0 Å². The van der Waals surface area contributed by atoms with E-state index < -0.39 is 0 Å². The number of hydrogen-bond donors (Lipinski definition) is 1. The summed E-state index contributed by atoms with van der Waals surface area (Å²) >= 11 is 0. The molecule has 1 heterocycles. The minimum absolute atomic E-state index is 0.0272. The maximum absolute atomic E-state index is 11.4. The molecule has 76 valence electrons. The second-order valence-corrected chi connectivity index (χ2v) is 3.58. The van der Waals surface area contributed by atoms with Crippen molar-refractivity contribution in [2.45, 2.75) is 13.8 Å². The number of hydrogen-bond acceptors (Lipinski definition) is 2. The molecule has 0 unspecified atom stereocenters. The lowest BCUT2D eigenvalue weighted by Gasteiger charge is -2.02. The normalized spacial score (nSPS) is 10.5. The van der Waals surface area contributed by atoms with Gasteiger partial charge in [-0.2, -0.15) is 0 Å². The van der Waals surface area contributed by atoms with Crippen LogP contribution in [0.15, 0.2) is 24.4 Å². The third-order valence-electron chi connectivity index (χ3n) is 2.45. The third-order valence-corrected chi connectivity index (χ3v) is 2.45. The van der Waals surface area contributed by atoms with E-state index in [2.05, 4.69) is 4.98 Å². The lowest BCUT2D eigenvalue weighted by Crippen LogP contribution is -1.99. The molecule has 0 saturated carbocycles. The number of H-pyrrole nitrogens is 1. The van der Waals surface area contributed by atoms with Gasteiger partial charge in [0.2, 0.25) is 0 Å². The SMILES string of the molecule is CC(=O)c1cc(C(C)=O)c2[nH]ccc2c1. The Balaban J connectivity index is 2.80. The first-order valence-corrected chi connectivity index (χ1v) is 4.72. The Morgan fingerprint density at radius 1 is 1.13 bits per heavy atom. The predicted octanol–water partition coefficient (Wildman–Crippen LogP) is 2.57. The van der Waals surface area contributed by atoms with Crippen LogP contribution in [0, 0.1) is 0 Å². The van der Waals surface area contributed by atoms with Crippen LogP contribution in [-0.4, -0.2) is 16.6 Å². The van der Waals surface area contributed by atoms with E-state index in [-0.39, 0.29) is 11.6 Å². The summed E-state index contributed by atoms with van der Waals surface area (Å²) in [6.07, 6.45) is 1.76. The van der Waals surface area contributed by atoms with Gasteiger partial charge in [0.1, 0.15) is 0 Å². The predicted molar refractivity (Wildman–Crippen MR) is 58.3 cm³/mol. The maximum Gasteiger partial charge on any atom is 0.161 e. The van der Waals surface area contributed by atoms with Gasteiger partial charge in [-0.15, -0.1) is 0 Å². The number of aromatic nitrogens is 1. The molecule has 0 saturated heterocycles. The second kappa shape index (κ2) is 3.35. The Kier molecular flexibility index (Phi) is 2.15. The van der Waals surface area contributed by atoms with Crippen molar-refractivity contribution in [3.8, 4) is 0 Å². The second-order valence-electron chi connectivity index (χ2n) is 3.58. The zero-order valence-corrected chi connectivity index (χ0v) is 8.63. The van der Waals surface area contributed by atoms with Crippen molar-refractivity contribution in [2.75, 3.05) is 0 Å². The van der Waals surface area contributed by atoms with E-state index in [0.717, 1.165) is 10.9 Å². The highest BCUT2D eigenvalue weighted by Gasteiger charge is 2.10. The molecular formula is C12H11NO2. The standard InChI is InChI=1S/C12H11NO2/c1-7(14)10-5-9-3-4-13-12(9)11(6-10)8(2)15/h3-6,13H,1-2H3. The van der Waals surface area contributed by atoms with Crippen molar-refractivity contribution < 1.29 is 9.59 Å². The number of benzene rings is 1. The number of Topliss-reactive ketones (excluding diaryl/α,β-unsaturated/α-hetero) is 2. The minimum Gasteiger partial charge on any atom is -0.361 e. The van der Waals surface area contributed by atoms with E-state index >= 15 is 0 Å². The van der Waals surface area contributed by atoms with E-state index in [1.807, 2.05) is 6.07 Å². The fourth-order valence-corrected chi connectivity index (χ4v) is 1.65. The highest BCUT2D eigenvalue weighted by atomic mass is 16.1. The number of rotatable bonds is 2. The number of aromatic amines is 1. The van der Waals surface area contributed by atoms with Crippen molar-refractivity contribution in [2.24, 2.45) is 0 Å². The Bertz CT molecular complexity index is 552. The summed E-state index contributed by atoms with van der Waals surface area (Å²) in [6.45, 7) is 3.00. The summed E-state index contributed by atoms with van der Waals surface area (Å²) in [5, 5.41) is 0.896. The molecule has 0 bridgehead atoms. The molecule has 0 spiro atoms. The van der Waals surface area contributed by atoms with E-state index in [0.29, 0.717) is 11.1 Å². The number of ketones is 2. The molecule has 0 fully saturated rings. The topological polar surface area (TPSA) is 49.9 Å². The first-order chi connectivity index (χ1) is 7.09. The van der Waals surface area contributed by atoms with E-state index in [1.165, 1.54) is 13.8 Å². The van der Waals surface area contributed by atoms with Crippen LogP contribution < -0.4 is 0 Å². The van der Waals surface area contributed by atoms with Gasteiger partial charge in [0.15, 0.2) is 11.6 Å². The highest BCUT2D eigenvalue weighted by Crippen LogP contribution is 2.20. The van der Waals surface area contributed by atoms with Crippen LogP contribution in [0.5, 0.6) is 0 Å². The first kappa shape index (κ1) is 9.65. The molecule has 2 rings (SSSR count). The van der Waals surface area contributed by atoms with Crippen LogP contribution >= 0.6 is 0 Å². The first-order valence-electron chi connectivity index (χ1n) is 4.72. The van der Waals surface area contributed by atoms with Gasteiger partial charge in [0.05, 0.1) is 5.52 Å². The monoisotopic (exact) mass is 201 g/mol. The van der Waals surface area contributed by atoms with E-state index in [9.17, 15) is 9.59 Å². The zero-order valence-electron chi connectivity index (χ0n) is 8.63. The van der Waals surface area contributed by atoms with Crippen LogP contribution in [0.1, 0.15) is 34.6 Å². The molecule has 0 atom stereocenters. The molecule has 0 amide bonds. The van der Waals surface area contributed by atoms with Gasteiger partial charge in [-0.05, 0) is 32.0 Å². The van der Waals surface area contributed by atoms with Crippen LogP contribution in [0.25, 0.3) is 10.9 Å². The molecule has 1 N–H and O–H groups in total. The molecule has 1 aromatic heterocycles. The molecule has 0 aliphatic carbocycles. The van der Waals surface area contributed by atoms with Gasteiger partial charge in [-0.1, -0.05) is 0 Å². The highest BCUT2D eigenvalue weighted by molar-refractivity contribution is 6.09. The maximum atomic E-state index is 11.4. The van der Waals surface area contributed by atoms with Gasteiger partial charge in [-0.3, -0.25) is 9.59 Å². The average Bonchev–Trinajstić information content (AvgIpc) is 2.62. The summed E-state index contributed by atoms with van der Waals surface area (Å²) in [5.41, 5.74) is 1.95. The van der Waals surface area contributed by atoms with E-state index in [4.69, 9.17) is 0 Å². The number of carbonyl (C=O) groups excluding carboxylic acids is 2. The summed E-state index contributed by atoms with van der Waals surface area (Å²) < 4.78 is 0. The summed E-state index contributed by atoms with van der Waals surface area (Å²) in [7, 11) is 0. The molecular weight excluding hydrogens is 190 g/mol. The average molecular weight is 201 g/mol. The number of fused-ring (bicyclic) bond motifs is 1. The minimum atomic E-state index is -0.0365. The Morgan fingerprint density at radius 3 is 2.47 bits per heavy atom. The van der Waals surface area contributed by atoms with E-state index in [1.54, 1.807) is 18.3 Å². The molecule has 15 heavy (non-hydrogen) atoms. The smallest absolute Gasteiger partial charge is 0.161 e. The fraction of sp³-hybridized carbons (Fsp3) is 0.167. The zero-order chi connectivity index (χ0) is 11.0. The van der Waals surface area contributed by atoms with Crippen molar-refractivity contribution in [3.63, 3.8) is 0 Å². The molecule has 0 aliphatic rings. The molecule has 3 nitrogen and oxygen atoms in total. The third kappa shape index (κ3) is 1.56. The largest absolute Gasteiger partial charge is 0.361 e. The van der Waals surface area contributed by atoms with Gasteiger partial charge >= 0.3 is 0 Å².